The van der Waals surface area contributed by atoms with E-state index < -0.39 is 0 Å². The number of carbonyl (C=O) groups is 1. The summed E-state index contributed by atoms with van der Waals surface area (Å²) in [5.74, 6) is 0.913. The molecular formula is C18H35ClN4O. The number of nitrogens with two attached hydrogens (primary N) is 1. The van der Waals surface area contributed by atoms with E-state index in [4.69, 9.17) is 5.73 Å². The van der Waals surface area contributed by atoms with Crippen LogP contribution in [0.15, 0.2) is 0 Å². The van der Waals surface area contributed by atoms with Crippen LogP contribution in [0.3, 0.4) is 0 Å². The van der Waals surface area contributed by atoms with Crippen molar-refractivity contribution < 1.29 is 4.79 Å². The van der Waals surface area contributed by atoms with E-state index in [9.17, 15) is 4.79 Å². The van der Waals surface area contributed by atoms with Crippen LogP contribution in [0.5, 0.6) is 0 Å². The minimum Gasteiger partial charge on any atom is -0.349 e. The Hall–Kier alpha value is -1.07. The molecule has 0 aromatic carbocycles. The molecule has 0 aliphatic heterocycles. The molecule has 5 nitrogen and oxygen atoms in total. The highest BCUT2D eigenvalue weighted by atomic mass is 35.5. The van der Waals surface area contributed by atoms with Gasteiger partial charge in [0.1, 0.15) is 0 Å². The fourth-order valence-electron chi connectivity index (χ4n) is 2.67. The van der Waals surface area contributed by atoms with E-state index in [0.29, 0.717) is 24.8 Å². The molecule has 0 saturated carbocycles. The van der Waals surface area contributed by atoms with Crippen LogP contribution in [0.2, 0.25) is 0 Å². The fourth-order valence-corrected chi connectivity index (χ4v) is 2.67. The molecule has 0 aliphatic carbocycles. The highest BCUT2D eigenvalue weighted by Crippen LogP contribution is 2.18. The van der Waals surface area contributed by atoms with Gasteiger partial charge in [0.25, 0.3) is 0 Å². The molecule has 0 bridgehead atoms. The minimum absolute atomic E-state index is 0. The summed E-state index contributed by atoms with van der Waals surface area (Å²) >= 11 is 0. The van der Waals surface area contributed by atoms with Crippen molar-refractivity contribution in [2.75, 3.05) is 6.54 Å². The predicted octanol–water partition coefficient (Wildman–Crippen LogP) is 3.00. The predicted molar refractivity (Wildman–Crippen MR) is 103 cm³/mol. The van der Waals surface area contributed by atoms with Gasteiger partial charge in [0.15, 0.2) is 0 Å². The molecule has 6 heteroatoms. The van der Waals surface area contributed by atoms with Crippen LogP contribution in [0, 0.1) is 25.7 Å². The highest BCUT2D eigenvalue weighted by molar-refractivity contribution is 5.85. The van der Waals surface area contributed by atoms with Crippen LogP contribution >= 0.6 is 12.4 Å². The summed E-state index contributed by atoms with van der Waals surface area (Å²) in [6, 6.07) is 0. The van der Waals surface area contributed by atoms with Gasteiger partial charge in [-0.3, -0.25) is 9.48 Å². The quantitative estimate of drug-likeness (QED) is 0.750. The lowest BCUT2D eigenvalue weighted by Crippen LogP contribution is -2.55. The number of aryl methyl sites for hydroxylation is 1. The fraction of sp³-hybridized carbons (Fsp3) is 0.778. The number of hydrogen-bond donors (Lipinski definition) is 2. The maximum atomic E-state index is 12.3. The summed E-state index contributed by atoms with van der Waals surface area (Å²) in [5.41, 5.74) is 8.89. The zero-order chi connectivity index (χ0) is 17.8. The number of nitrogens with one attached hydrogen (secondary N) is 1. The Morgan fingerprint density at radius 3 is 2.33 bits per heavy atom. The van der Waals surface area contributed by atoms with E-state index in [1.165, 1.54) is 11.3 Å². The molecule has 1 atom stereocenters. The van der Waals surface area contributed by atoms with E-state index in [-0.39, 0.29) is 23.9 Å². The van der Waals surface area contributed by atoms with Crippen molar-refractivity contribution >= 4 is 18.3 Å². The third-order valence-corrected chi connectivity index (χ3v) is 4.79. The van der Waals surface area contributed by atoms with Crippen LogP contribution in [-0.2, 0) is 17.8 Å². The Balaban J connectivity index is 0.00000529. The molecule has 0 fully saturated rings. The number of carbonyl (C=O) groups excluding carboxylic acids is 1. The second-order valence-electron chi connectivity index (χ2n) is 7.55. The summed E-state index contributed by atoms with van der Waals surface area (Å²) in [5, 5.41) is 7.71. The lowest BCUT2D eigenvalue weighted by Gasteiger charge is -2.33. The van der Waals surface area contributed by atoms with E-state index in [1.807, 2.05) is 13.8 Å². The Kier molecular flexibility index (Phi) is 9.00. The van der Waals surface area contributed by atoms with Crippen LogP contribution in [0.4, 0.5) is 0 Å². The van der Waals surface area contributed by atoms with Gasteiger partial charge < -0.3 is 11.1 Å². The zero-order valence-electron chi connectivity index (χ0n) is 16.3. The molecule has 3 N–H and O–H groups in total. The first-order valence-electron chi connectivity index (χ1n) is 8.64. The molecule has 140 valence electrons. The van der Waals surface area contributed by atoms with Crippen LogP contribution in [0.1, 0.15) is 58.0 Å². The van der Waals surface area contributed by atoms with Gasteiger partial charge in [-0.15, -0.1) is 12.4 Å². The Bertz CT molecular complexity index is 539. The molecule has 0 spiro atoms. The largest absolute Gasteiger partial charge is 0.349 e. The Labute approximate surface area is 153 Å². The molecule has 1 heterocycles. The highest BCUT2D eigenvalue weighted by Gasteiger charge is 2.28. The van der Waals surface area contributed by atoms with Crippen molar-refractivity contribution in [3.05, 3.63) is 17.0 Å². The number of rotatable bonds is 8. The van der Waals surface area contributed by atoms with Crippen molar-refractivity contribution in [2.45, 2.75) is 73.4 Å². The zero-order valence-corrected chi connectivity index (χ0v) is 17.1. The second-order valence-corrected chi connectivity index (χ2v) is 7.55. The van der Waals surface area contributed by atoms with Gasteiger partial charge >= 0.3 is 0 Å². The van der Waals surface area contributed by atoms with Gasteiger partial charge in [0.2, 0.25) is 5.91 Å². The molecule has 1 unspecified atom stereocenters. The van der Waals surface area contributed by atoms with Crippen LogP contribution < -0.4 is 11.1 Å². The van der Waals surface area contributed by atoms with Crippen LogP contribution in [0.25, 0.3) is 0 Å². The molecule has 0 aliphatic rings. The summed E-state index contributed by atoms with van der Waals surface area (Å²) < 4.78 is 2.06. The first-order valence-corrected chi connectivity index (χ1v) is 8.64. The second kappa shape index (κ2) is 9.42. The smallest absolute Gasteiger partial charge is 0.220 e. The summed E-state index contributed by atoms with van der Waals surface area (Å²) in [6.07, 6.45) is 1.19. The van der Waals surface area contributed by atoms with Gasteiger partial charge in [0.05, 0.1) is 11.2 Å². The lowest BCUT2D eigenvalue weighted by atomic mass is 9.88. The number of hydrogen-bond acceptors (Lipinski definition) is 3. The molecule has 1 aromatic heterocycles. The van der Waals surface area contributed by atoms with Gasteiger partial charge in [0, 0.05) is 25.2 Å². The molecule has 1 amide bonds. The Morgan fingerprint density at radius 2 is 1.88 bits per heavy atom. The number of amides is 1. The number of halogens is 1. The normalized spacial score (nSPS) is 13.8. The van der Waals surface area contributed by atoms with E-state index in [0.717, 1.165) is 18.7 Å². The van der Waals surface area contributed by atoms with E-state index in [2.05, 4.69) is 49.7 Å². The van der Waals surface area contributed by atoms with Gasteiger partial charge in [-0.1, -0.05) is 27.7 Å². The van der Waals surface area contributed by atoms with Crippen molar-refractivity contribution in [3.8, 4) is 0 Å². The minimum atomic E-state index is -0.344. The van der Waals surface area contributed by atoms with Crippen molar-refractivity contribution in [3.63, 3.8) is 0 Å². The average molecular weight is 359 g/mol. The SMILES string of the molecule is Cc1nn(CC(C)C)c(C)c1CCC(=O)NC(C)(CN)C(C)C.Cl. The first-order chi connectivity index (χ1) is 10.6. The Morgan fingerprint density at radius 1 is 1.29 bits per heavy atom. The molecule has 0 saturated heterocycles. The molecular weight excluding hydrogens is 324 g/mol. The van der Waals surface area contributed by atoms with E-state index in [1.54, 1.807) is 0 Å². The number of aromatic nitrogens is 2. The molecule has 24 heavy (non-hydrogen) atoms. The standard InChI is InChI=1S/C18H34N4O.ClH/c1-12(2)10-22-15(6)16(14(5)21-22)8-9-17(23)20-18(7,11-19)13(3)4;/h12-13H,8-11,19H2,1-7H3,(H,20,23);1H. The summed E-state index contributed by atoms with van der Waals surface area (Å²) in [7, 11) is 0. The average Bonchev–Trinajstić information content (AvgIpc) is 2.70. The third kappa shape index (κ3) is 5.78. The molecule has 0 radical (unpaired) electrons. The monoisotopic (exact) mass is 358 g/mol. The van der Waals surface area contributed by atoms with Gasteiger partial charge in [-0.2, -0.15) is 5.10 Å². The maximum Gasteiger partial charge on any atom is 0.220 e. The maximum absolute atomic E-state index is 12.3. The topological polar surface area (TPSA) is 72.9 Å². The summed E-state index contributed by atoms with van der Waals surface area (Å²) in [6.45, 7) is 16.0. The first kappa shape index (κ1) is 22.9. The lowest BCUT2D eigenvalue weighted by molar-refractivity contribution is -0.123. The van der Waals surface area contributed by atoms with Crippen molar-refractivity contribution in [2.24, 2.45) is 17.6 Å². The summed E-state index contributed by atoms with van der Waals surface area (Å²) in [4.78, 5) is 12.3. The van der Waals surface area contributed by atoms with Crippen LogP contribution in [-0.4, -0.2) is 27.8 Å². The molecule has 1 rings (SSSR count). The molecule has 1 aromatic rings. The third-order valence-electron chi connectivity index (χ3n) is 4.79. The van der Waals surface area contributed by atoms with Crippen molar-refractivity contribution in [1.82, 2.24) is 15.1 Å². The number of nitrogens with zero attached hydrogens (tertiary/aromatic N) is 2. The van der Waals surface area contributed by atoms with E-state index >= 15 is 0 Å². The van der Waals surface area contributed by atoms with Gasteiger partial charge in [-0.05, 0) is 44.6 Å². The van der Waals surface area contributed by atoms with Crippen molar-refractivity contribution in [1.29, 1.82) is 0 Å². The van der Waals surface area contributed by atoms with Gasteiger partial charge in [-0.25, -0.2) is 0 Å².